The third-order valence-electron chi connectivity index (χ3n) is 1.73. The summed E-state index contributed by atoms with van der Waals surface area (Å²) in [5.74, 6) is 0. The van der Waals surface area contributed by atoms with E-state index < -0.39 is 0 Å². The van der Waals surface area contributed by atoms with Crippen LogP contribution in [-0.4, -0.2) is 18.2 Å². The van der Waals surface area contributed by atoms with E-state index in [2.05, 4.69) is 34.4 Å². The normalized spacial score (nSPS) is 12.2. The molecule has 0 amide bonds. The molecule has 13 heavy (non-hydrogen) atoms. The van der Waals surface area contributed by atoms with Crippen molar-refractivity contribution < 1.29 is 0 Å². The summed E-state index contributed by atoms with van der Waals surface area (Å²) in [4.78, 5) is 0. The molecular weight excluding hydrogens is 200 g/mol. The number of hydrogen-bond acceptors (Lipinski definition) is 2. The average molecular weight is 214 g/mol. The number of rotatable bonds is 3. The Hall–Kier alpha value is -0.610. The van der Waals surface area contributed by atoms with Gasteiger partial charge < -0.3 is 10.6 Å². The molecule has 0 aliphatic rings. The largest absolute Gasteiger partial charge is 0.366 e. The Morgan fingerprint density at radius 1 is 1.69 bits per heavy atom. The molecule has 1 rings (SSSR count). The Balaban J connectivity index is 2.33. The number of thiocarbonyl (C=S) groups is 1. The molecule has 1 atom stereocenters. The van der Waals surface area contributed by atoms with E-state index in [1.54, 1.807) is 11.3 Å². The summed E-state index contributed by atoms with van der Waals surface area (Å²) < 4.78 is 0. The fourth-order valence-corrected chi connectivity index (χ4v) is 1.99. The summed E-state index contributed by atoms with van der Waals surface area (Å²) in [6, 6.07) is 2.53. The SMILES string of the molecule is CNC(=S)NC(C)Cc1ccsc1. The Labute approximate surface area is 88.4 Å². The molecule has 2 nitrogen and oxygen atoms in total. The molecule has 0 aliphatic carbocycles. The van der Waals surface area contributed by atoms with E-state index in [1.807, 2.05) is 7.05 Å². The topological polar surface area (TPSA) is 24.1 Å². The maximum absolute atomic E-state index is 5.01. The lowest BCUT2D eigenvalue weighted by Crippen LogP contribution is -2.39. The third-order valence-corrected chi connectivity index (χ3v) is 2.78. The van der Waals surface area contributed by atoms with Crippen LogP contribution in [0.25, 0.3) is 0 Å². The van der Waals surface area contributed by atoms with Crippen LogP contribution in [0.1, 0.15) is 12.5 Å². The summed E-state index contributed by atoms with van der Waals surface area (Å²) >= 11 is 6.74. The fourth-order valence-electron chi connectivity index (χ4n) is 1.11. The van der Waals surface area contributed by atoms with Gasteiger partial charge in [-0.3, -0.25) is 0 Å². The van der Waals surface area contributed by atoms with E-state index in [9.17, 15) is 0 Å². The molecule has 4 heteroatoms. The van der Waals surface area contributed by atoms with Crippen molar-refractivity contribution in [1.82, 2.24) is 10.6 Å². The van der Waals surface area contributed by atoms with E-state index in [0.29, 0.717) is 11.2 Å². The second-order valence-corrected chi connectivity index (χ2v) is 4.15. The number of hydrogen-bond donors (Lipinski definition) is 2. The second-order valence-electron chi connectivity index (χ2n) is 2.96. The van der Waals surface area contributed by atoms with Gasteiger partial charge in [-0.1, -0.05) is 0 Å². The van der Waals surface area contributed by atoms with Gasteiger partial charge in [0.05, 0.1) is 0 Å². The molecule has 0 saturated heterocycles. The molecule has 1 aromatic heterocycles. The maximum atomic E-state index is 5.01. The molecule has 1 unspecified atom stereocenters. The van der Waals surface area contributed by atoms with E-state index in [0.717, 1.165) is 6.42 Å². The van der Waals surface area contributed by atoms with Crippen molar-refractivity contribution in [2.75, 3.05) is 7.05 Å². The molecule has 0 aromatic carbocycles. The van der Waals surface area contributed by atoms with Crippen molar-refractivity contribution in [3.05, 3.63) is 22.4 Å². The Kier molecular flexibility index (Phi) is 4.18. The van der Waals surface area contributed by atoms with Crippen molar-refractivity contribution >= 4 is 28.7 Å². The van der Waals surface area contributed by atoms with Crippen LogP contribution in [0.4, 0.5) is 0 Å². The van der Waals surface area contributed by atoms with Crippen LogP contribution in [0, 0.1) is 0 Å². The molecule has 0 fully saturated rings. The predicted octanol–water partition coefficient (Wildman–Crippen LogP) is 1.77. The zero-order valence-electron chi connectivity index (χ0n) is 7.83. The van der Waals surface area contributed by atoms with Crippen molar-refractivity contribution in [2.45, 2.75) is 19.4 Å². The minimum Gasteiger partial charge on any atom is -0.366 e. The van der Waals surface area contributed by atoms with Crippen LogP contribution in [0.2, 0.25) is 0 Å². The van der Waals surface area contributed by atoms with E-state index >= 15 is 0 Å². The molecule has 0 bridgehead atoms. The van der Waals surface area contributed by atoms with Gasteiger partial charge in [0, 0.05) is 13.1 Å². The highest BCUT2D eigenvalue weighted by atomic mass is 32.1. The minimum atomic E-state index is 0.384. The third kappa shape index (κ3) is 3.74. The highest BCUT2D eigenvalue weighted by Crippen LogP contribution is 2.08. The lowest BCUT2D eigenvalue weighted by molar-refractivity contribution is 0.656. The van der Waals surface area contributed by atoms with Crippen LogP contribution in [0.3, 0.4) is 0 Å². The van der Waals surface area contributed by atoms with Gasteiger partial charge in [-0.05, 0) is 48.0 Å². The summed E-state index contributed by atoms with van der Waals surface area (Å²) in [5, 5.41) is 11.1. The van der Waals surface area contributed by atoms with E-state index in [1.165, 1.54) is 5.56 Å². The van der Waals surface area contributed by atoms with E-state index in [-0.39, 0.29) is 0 Å². The summed E-state index contributed by atoms with van der Waals surface area (Å²) in [7, 11) is 1.83. The first-order valence-electron chi connectivity index (χ1n) is 4.21. The smallest absolute Gasteiger partial charge is 0.166 e. The zero-order valence-corrected chi connectivity index (χ0v) is 9.47. The number of nitrogens with one attached hydrogen (secondary N) is 2. The highest BCUT2D eigenvalue weighted by molar-refractivity contribution is 7.80. The zero-order chi connectivity index (χ0) is 9.68. The lowest BCUT2D eigenvalue weighted by atomic mass is 10.1. The maximum Gasteiger partial charge on any atom is 0.166 e. The standard InChI is InChI=1S/C9H14N2S2/c1-7(11-9(12)10-2)5-8-3-4-13-6-8/h3-4,6-7H,5H2,1-2H3,(H2,10,11,12). The fraction of sp³-hybridized carbons (Fsp3) is 0.444. The number of thiophene rings is 1. The molecule has 0 spiro atoms. The quantitative estimate of drug-likeness (QED) is 0.750. The molecular formula is C9H14N2S2. The first-order valence-corrected chi connectivity index (χ1v) is 5.57. The molecule has 0 saturated carbocycles. The Bertz CT molecular complexity index is 257. The van der Waals surface area contributed by atoms with Crippen LogP contribution in [-0.2, 0) is 6.42 Å². The second kappa shape index (κ2) is 5.19. The van der Waals surface area contributed by atoms with Crippen molar-refractivity contribution in [3.63, 3.8) is 0 Å². The molecule has 0 radical (unpaired) electrons. The van der Waals surface area contributed by atoms with Gasteiger partial charge in [0.15, 0.2) is 5.11 Å². The highest BCUT2D eigenvalue weighted by Gasteiger charge is 2.03. The summed E-state index contributed by atoms with van der Waals surface area (Å²) in [6.07, 6.45) is 1.02. The molecule has 0 aliphatic heterocycles. The van der Waals surface area contributed by atoms with Crippen molar-refractivity contribution in [1.29, 1.82) is 0 Å². The Morgan fingerprint density at radius 3 is 3.00 bits per heavy atom. The summed E-state index contributed by atoms with van der Waals surface area (Å²) in [6.45, 7) is 2.13. The van der Waals surface area contributed by atoms with Crippen molar-refractivity contribution in [2.24, 2.45) is 0 Å². The van der Waals surface area contributed by atoms with Crippen LogP contribution in [0.15, 0.2) is 16.8 Å². The molecule has 1 heterocycles. The lowest BCUT2D eigenvalue weighted by Gasteiger charge is -2.14. The molecule has 2 N–H and O–H groups in total. The first kappa shape index (κ1) is 10.5. The van der Waals surface area contributed by atoms with Crippen LogP contribution in [0.5, 0.6) is 0 Å². The predicted molar refractivity (Wildman–Crippen MR) is 62.3 cm³/mol. The first-order chi connectivity index (χ1) is 6.22. The molecule has 72 valence electrons. The van der Waals surface area contributed by atoms with Gasteiger partial charge in [-0.25, -0.2) is 0 Å². The van der Waals surface area contributed by atoms with Gasteiger partial charge in [0.2, 0.25) is 0 Å². The Morgan fingerprint density at radius 2 is 2.46 bits per heavy atom. The minimum absolute atomic E-state index is 0.384. The van der Waals surface area contributed by atoms with Gasteiger partial charge in [-0.15, -0.1) is 0 Å². The van der Waals surface area contributed by atoms with E-state index in [4.69, 9.17) is 12.2 Å². The van der Waals surface area contributed by atoms with Crippen molar-refractivity contribution in [3.8, 4) is 0 Å². The monoisotopic (exact) mass is 214 g/mol. The van der Waals surface area contributed by atoms with Gasteiger partial charge in [0.1, 0.15) is 0 Å². The van der Waals surface area contributed by atoms with Crippen LogP contribution < -0.4 is 10.6 Å². The molecule has 1 aromatic rings. The average Bonchev–Trinajstić information content (AvgIpc) is 2.56. The van der Waals surface area contributed by atoms with Gasteiger partial charge in [0.25, 0.3) is 0 Å². The van der Waals surface area contributed by atoms with Gasteiger partial charge in [-0.2, -0.15) is 11.3 Å². The van der Waals surface area contributed by atoms with Crippen LogP contribution >= 0.6 is 23.6 Å². The summed E-state index contributed by atoms with van der Waals surface area (Å²) in [5.41, 5.74) is 1.36. The van der Waals surface area contributed by atoms with Gasteiger partial charge >= 0.3 is 0 Å².